The second-order valence-corrected chi connectivity index (χ2v) is 10.1. The predicted octanol–water partition coefficient (Wildman–Crippen LogP) is 4.21. The van der Waals surface area contributed by atoms with Crippen LogP contribution in [0.3, 0.4) is 0 Å². The summed E-state index contributed by atoms with van der Waals surface area (Å²) in [7, 11) is -3.96. The van der Waals surface area contributed by atoms with Crippen LogP contribution in [-0.4, -0.2) is 57.1 Å². The first-order valence-corrected chi connectivity index (χ1v) is 13.0. The number of piperazine rings is 1. The number of sulfonamides is 1. The Labute approximate surface area is 209 Å². The van der Waals surface area contributed by atoms with Crippen molar-refractivity contribution in [1.82, 2.24) is 4.90 Å². The number of rotatable bonds is 7. The highest BCUT2D eigenvalue weighted by molar-refractivity contribution is 7.92. The number of hydrogen-bond donors (Lipinski definition) is 2. The van der Waals surface area contributed by atoms with Gasteiger partial charge in [-0.05, 0) is 61.5 Å². The Morgan fingerprint density at radius 1 is 1.03 bits per heavy atom. The molecule has 184 valence electrons. The Hall–Kier alpha value is -3.43. The van der Waals surface area contributed by atoms with Crippen molar-refractivity contribution in [2.75, 3.05) is 42.4 Å². The second kappa shape index (κ2) is 10.5. The Balaban J connectivity index is 1.42. The minimum atomic E-state index is -3.96. The molecule has 3 aromatic rings. The third kappa shape index (κ3) is 5.63. The summed E-state index contributed by atoms with van der Waals surface area (Å²) >= 11 is 6.00. The lowest BCUT2D eigenvalue weighted by molar-refractivity contribution is 0.0746. The van der Waals surface area contributed by atoms with Gasteiger partial charge in [-0.2, -0.15) is 0 Å². The number of carbonyl (C=O) groups excluding carboxylic acids is 1. The third-order valence-corrected chi connectivity index (χ3v) is 7.31. The highest BCUT2D eigenvalue weighted by Crippen LogP contribution is 2.30. The summed E-state index contributed by atoms with van der Waals surface area (Å²) in [6, 6.07) is 17.8. The van der Waals surface area contributed by atoms with Gasteiger partial charge in [0.25, 0.3) is 15.9 Å². The first kappa shape index (κ1) is 24.7. The molecule has 8 nitrogen and oxygen atoms in total. The number of halogens is 1. The number of para-hydroxylation sites is 2. The fraction of sp³-hybridized carbons (Fsp3) is 0.240. The van der Waals surface area contributed by atoms with Gasteiger partial charge in [-0.1, -0.05) is 23.7 Å². The van der Waals surface area contributed by atoms with E-state index in [2.05, 4.69) is 4.72 Å². The topological polar surface area (TPSA) is 99.2 Å². The summed E-state index contributed by atoms with van der Waals surface area (Å²) in [4.78, 5) is 16.7. The average molecular weight is 516 g/mol. The Morgan fingerprint density at radius 2 is 1.71 bits per heavy atom. The minimum absolute atomic E-state index is 0.0608. The summed E-state index contributed by atoms with van der Waals surface area (Å²) < 4.78 is 33.8. The standard InChI is InChI=1S/C25H26ClN3O5S/c1-2-34-23-12-9-19(26)17-24(23)35(32,33)27-20-10-7-18(8-11-20)25(31)29-15-13-28(14-16-29)21-5-3-4-6-22(21)30/h3-12,17,27,30H,2,13-16H2,1H3. The summed E-state index contributed by atoms with van der Waals surface area (Å²) in [6.07, 6.45) is 0. The van der Waals surface area contributed by atoms with Crippen LogP contribution >= 0.6 is 11.6 Å². The number of hydrogen-bond acceptors (Lipinski definition) is 6. The van der Waals surface area contributed by atoms with E-state index in [0.29, 0.717) is 44.0 Å². The highest BCUT2D eigenvalue weighted by atomic mass is 35.5. The van der Waals surface area contributed by atoms with Gasteiger partial charge in [0, 0.05) is 42.5 Å². The third-order valence-electron chi connectivity index (χ3n) is 5.67. The van der Waals surface area contributed by atoms with E-state index in [-0.39, 0.29) is 27.3 Å². The monoisotopic (exact) mass is 515 g/mol. The van der Waals surface area contributed by atoms with Crippen LogP contribution in [0.1, 0.15) is 17.3 Å². The number of ether oxygens (including phenoxy) is 1. The van der Waals surface area contributed by atoms with E-state index < -0.39 is 10.0 Å². The van der Waals surface area contributed by atoms with E-state index in [9.17, 15) is 18.3 Å². The number of amides is 1. The van der Waals surface area contributed by atoms with Gasteiger partial charge < -0.3 is 19.6 Å². The second-order valence-electron chi connectivity index (χ2n) is 7.97. The largest absolute Gasteiger partial charge is 0.506 e. The van der Waals surface area contributed by atoms with Crippen LogP contribution < -0.4 is 14.4 Å². The van der Waals surface area contributed by atoms with Crippen molar-refractivity contribution in [1.29, 1.82) is 0 Å². The predicted molar refractivity (Wildman–Crippen MR) is 136 cm³/mol. The molecule has 4 rings (SSSR count). The van der Waals surface area contributed by atoms with Crippen molar-refractivity contribution >= 4 is 38.9 Å². The maximum Gasteiger partial charge on any atom is 0.265 e. The van der Waals surface area contributed by atoms with Gasteiger partial charge in [-0.25, -0.2) is 8.42 Å². The van der Waals surface area contributed by atoms with Crippen molar-refractivity contribution in [2.24, 2.45) is 0 Å². The molecule has 35 heavy (non-hydrogen) atoms. The Kier molecular flexibility index (Phi) is 7.37. The lowest BCUT2D eigenvalue weighted by Crippen LogP contribution is -2.48. The molecule has 0 saturated carbocycles. The molecule has 1 amide bonds. The van der Waals surface area contributed by atoms with Crippen molar-refractivity contribution in [3.8, 4) is 11.5 Å². The zero-order valence-electron chi connectivity index (χ0n) is 19.1. The average Bonchev–Trinajstić information content (AvgIpc) is 2.85. The number of phenolic OH excluding ortho intramolecular Hbond substituents is 1. The minimum Gasteiger partial charge on any atom is -0.506 e. The maximum atomic E-state index is 13.0. The van der Waals surface area contributed by atoms with Crippen LogP contribution in [0.15, 0.2) is 71.6 Å². The van der Waals surface area contributed by atoms with Gasteiger partial charge in [0.05, 0.1) is 12.3 Å². The van der Waals surface area contributed by atoms with Gasteiger partial charge in [0.1, 0.15) is 16.4 Å². The molecule has 1 fully saturated rings. The lowest BCUT2D eigenvalue weighted by Gasteiger charge is -2.36. The molecule has 10 heteroatoms. The number of carbonyl (C=O) groups is 1. The van der Waals surface area contributed by atoms with Crippen LogP contribution in [0.25, 0.3) is 0 Å². The van der Waals surface area contributed by atoms with Crippen LogP contribution in [0.4, 0.5) is 11.4 Å². The molecule has 1 saturated heterocycles. The molecule has 0 radical (unpaired) electrons. The fourth-order valence-corrected chi connectivity index (χ4v) is 5.39. The number of phenols is 1. The molecule has 0 spiro atoms. The normalized spacial score (nSPS) is 14.0. The van der Waals surface area contributed by atoms with E-state index in [0.717, 1.165) is 5.69 Å². The lowest BCUT2D eigenvalue weighted by atomic mass is 10.1. The summed E-state index contributed by atoms with van der Waals surface area (Å²) in [5.41, 5.74) is 1.53. The molecule has 1 aliphatic heterocycles. The molecule has 0 aliphatic carbocycles. The molecule has 1 aliphatic rings. The molecule has 0 atom stereocenters. The number of aromatic hydroxyl groups is 1. The Bertz CT molecular complexity index is 1310. The van der Waals surface area contributed by atoms with E-state index in [4.69, 9.17) is 16.3 Å². The fourth-order valence-electron chi connectivity index (χ4n) is 3.92. The molecule has 0 unspecified atom stereocenters. The van der Waals surface area contributed by atoms with Gasteiger partial charge in [-0.3, -0.25) is 9.52 Å². The van der Waals surface area contributed by atoms with E-state index >= 15 is 0 Å². The van der Waals surface area contributed by atoms with Gasteiger partial charge in [0.2, 0.25) is 0 Å². The highest BCUT2D eigenvalue weighted by Gasteiger charge is 2.24. The first-order valence-electron chi connectivity index (χ1n) is 11.2. The molecule has 1 heterocycles. The van der Waals surface area contributed by atoms with Crippen molar-refractivity contribution < 1.29 is 23.1 Å². The molecule has 0 aromatic heterocycles. The summed E-state index contributed by atoms with van der Waals surface area (Å²) in [6.45, 7) is 4.29. The van der Waals surface area contributed by atoms with Crippen LogP contribution in [0.5, 0.6) is 11.5 Å². The molecule has 2 N–H and O–H groups in total. The van der Waals surface area contributed by atoms with Gasteiger partial charge in [-0.15, -0.1) is 0 Å². The van der Waals surface area contributed by atoms with E-state index in [1.54, 1.807) is 54.3 Å². The van der Waals surface area contributed by atoms with Crippen LogP contribution in [-0.2, 0) is 10.0 Å². The van der Waals surface area contributed by atoms with Crippen molar-refractivity contribution in [2.45, 2.75) is 11.8 Å². The van der Waals surface area contributed by atoms with Crippen molar-refractivity contribution in [3.05, 3.63) is 77.3 Å². The zero-order valence-corrected chi connectivity index (χ0v) is 20.7. The van der Waals surface area contributed by atoms with Gasteiger partial charge >= 0.3 is 0 Å². The Morgan fingerprint density at radius 3 is 2.37 bits per heavy atom. The molecular formula is C25H26ClN3O5S. The SMILES string of the molecule is CCOc1ccc(Cl)cc1S(=O)(=O)Nc1ccc(C(=O)N2CCN(c3ccccc3O)CC2)cc1. The zero-order chi connectivity index (χ0) is 25.0. The number of nitrogens with zero attached hydrogens (tertiary/aromatic N) is 2. The summed E-state index contributed by atoms with van der Waals surface area (Å²) in [5.74, 6) is 0.292. The number of benzene rings is 3. The molecule has 0 bridgehead atoms. The maximum absolute atomic E-state index is 13.0. The smallest absolute Gasteiger partial charge is 0.265 e. The van der Waals surface area contributed by atoms with E-state index in [1.165, 1.54) is 12.1 Å². The molecular weight excluding hydrogens is 490 g/mol. The number of anilines is 2. The first-order chi connectivity index (χ1) is 16.8. The van der Waals surface area contributed by atoms with Crippen LogP contribution in [0, 0.1) is 0 Å². The van der Waals surface area contributed by atoms with Crippen molar-refractivity contribution in [3.63, 3.8) is 0 Å². The summed E-state index contributed by atoms with van der Waals surface area (Å²) in [5, 5.41) is 10.3. The van der Waals surface area contributed by atoms with Crippen LogP contribution in [0.2, 0.25) is 5.02 Å². The number of nitrogens with one attached hydrogen (secondary N) is 1. The van der Waals surface area contributed by atoms with Gasteiger partial charge in [0.15, 0.2) is 0 Å². The quantitative estimate of drug-likeness (QED) is 0.489. The van der Waals surface area contributed by atoms with E-state index in [1.807, 2.05) is 17.0 Å². The molecule has 3 aromatic carbocycles.